The molecule has 0 radical (unpaired) electrons. The van der Waals surface area contributed by atoms with E-state index in [2.05, 4.69) is 33.4 Å². The number of nitrogens with one attached hydrogen (secondary N) is 2. The number of rotatable bonds is 6. The highest BCUT2D eigenvalue weighted by Gasteiger charge is 2.23. The van der Waals surface area contributed by atoms with Crippen LogP contribution in [0.1, 0.15) is 44.8 Å². The Morgan fingerprint density at radius 2 is 1.77 bits per heavy atom. The van der Waals surface area contributed by atoms with E-state index in [-0.39, 0.29) is 0 Å². The molecular formula is C26H31ClN6OS. The van der Waals surface area contributed by atoms with Crippen molar-refractivity contribution in [2.45, 2.75) is 51.6 Å². The lowest BCUT2D eigenvalue weighted by atomic mass is 10.0. The van der Waals surface area contributed by atoms with Gasteiger partial charge in [0, 0.05) is 42.3 Å². The van der Waals surface area contributed by atoms with E-state index < -0.39 is 0 Å². The molecule has 1 unspecified atom stereocenters. The zero-order valence-electron chi connectivity index (χ0n) is 20.0. The Morgan fingerprint density at radius 3 is 2.54 bits per heavy atom. The predicted molar refractivity (Wildman–Crippen MR) is 146 cm³/mol. The largest absolute Gasteiger partial charge is 0.459 e. The van der Waals surface area contributed by atoms with E-state index in [0.29, 0.717) is 28.7 Å². The number of benzene rings is 1. The Labute approximate surface area is 216 Å². The van der Waals surface area contributed by atoms with Gasteiger partial charge in [-0.3, -0.25) is 0 Å². The number of hydrogen-bond donors (Lipinski definition) is 2. The van der Waals surface area contributed by atoms with Crippen molar-refractivity contribution in [2.75, 3.05) is 34.8 Å². The van der Waals surface area contributed by atoms with Crippen molar-refractivity contribution in [3.05, 3.63) is 53.2 Å². The number of furan rings is 1. The Hall–Kier alpha value is -2.84. The molecule has 184 valence electrons. The van der Waals surface area contributed by atoms with Gasteiger partial charge in [0.15, 0.2) is 5.11 Å². The van der Waals surface area contributed by atoms with Crippen LogP contribution in [-0.4, -0.2) is 40.8 Å². The van der Waals surface area contributed by atoms with Gasteiger partial charge < -0.3 is 24.9 Å². The lowest BCUT2D eigenvalue weighted by Crippen LogP contribution is -2.38. The molecule has 2 aliphatic rings. The van der Waals surface area contributed by atoms with Gasteiger partial charge in [0.25, 0.3) is 0 Å². The minimum atomic E-state index is 0.460. The first-order chi connectivity index (χ1) is 17.0. The summed E-state index contributed by atoms with van der Waals surface area (Å²) in [5.74, 6) is 4.04. The van der Waals surface area contributed by atoms with E-state index in [4.69, 9.17) is 38.2 Å². The number of halogens is 1. The van der Waals surface area contributed by atoms with E-state index in [1.165, 1.54) is 32.1 Å². The molecule has 2 saturated heterocycles. The summed E-state index contributed by atoms with van der Waals surface area (Å²) >= 11 is 11.6. The molecule has 0 aliphatic carbocycles. The summed E-state index contributed by atoms with van der Waals surface area (Å²) in [6.45, 7) is 5.82. The van der Waals surface area contributed by atoms with Crippen molar-refractivity contribution < 1.29 is 4.42 Å². The number of anilines is 3. The van der Waals surface area contributed by atoms with Crippen LogP contribution in [0.5, 0.6) is 0 Å². The number of thiocarbonyl (C=S) groups is 1. The summed E-state index contributed by atoms with van der Waals surface area (Å²) in [5, 5.41) is 7.58. The number of piperidine rings is 1. The van der Waals surface area contributed by atoms with Crippen LogP contribution in [0.2, 0.25) is 5.02 Å². The van der Waals surface area contributed by atoms with Gasteiger partial charge in [-0.05, 0) is 87.6 Å². The molecule has 0 spiro atoms. The van der Waals surface area contributed by atoms with Crippen LogP contribution in [0, 0.1) is 0 Å². The van der Waals surface area contributed by atoms with Crippen LogP contribution in [-0.2, 0) is 6.54 Å². The van der Waals surface area contributed by atoms with Crippen molar-refractivity contribution in [3.8, 4) is 11.3 Å². The molecule has 2 fully saturated rings. The second kappa shape index (κ2) is 10.8. The lowest BCUT2D eigenvalue weighted by molar-refractivity contribution is 0.481. The molecule has 0 saturated carbocycles. The average molecular weight is 511 g/mol. The molecule has 7 nitrogen and oxygen atoms in total. The van der Waals surface area contributed by atoms with Gasteiger partial charge in [0.2, 0.25) is 5.95 Å². The summed E-state index contributed by atoms with van der Waals surface area (Å²) in [6.07, 6.45) is 6.05. The Kier molecular flexibility index (Phi) is 7.39. The summed E-state index contributed by atoms with van der Waals surface area (Å²) in [4.78, 5) is 14.4. The minimum absolute atomic E-state index is 0.460. The Balaban J connectivity index is 1.26. The van der Waals surface area contributed by atoms with E-state index in [9.17, 15) is 0 Å². The van der Waals surface area contributed by atoms with E-state index in [0.717, 1.165) is 48.4 Å². The zero-order chi connectivity index (χ0) is 24.2. The van der Waals surface area contributed by atoms with Gasteiger partial charge >= 0.3 is 0 Å². The van der Waals surface area contributed by atoms with Crippen molar-refractivity contribution in [3.63, 3.8) is 0 Å². The fourth-order valence-electron chi connectivity index (χ4n) is 4.73. The van der Waals surface area contributed by atoms with Crippen LogP contribution in [0.15, 0.2) is 46.9 Å². The molecule has 35 heavy (non-hydrogen) atoms. The fraction of sp³-hybridized carbons (Fsp3) is 0.423. The van der Waals surface area contributed by atoms with E-state index in [1.54, 1.807) is 0 Å². The monoisotopic (exact) mass is 510 g/mol. The van der Waals surface area contributed by atoms with Crippen molar-refractivity contribution in [1.29, 1.82) is 0 Å². The molecule has 9 heteroatoms. The topological polar surface area (TPSA) is 69.5 Å². The molecule has 1 aromatic carbocycles. The van der Waals surface area contributed by atoms with Crippen LogP contribution in [0.25, 0.3) is 11.3 Å². The van der Waals surface area contributed by atoms with Gasteiger partial charge in [-0.2, -0.15) is 9.97 Å². The molecular weight excluding hydrogens is 480 g/mol. The lowest BCUT2D eigenvalue weighted by Gasteiger charge is -2.35. The first-order valence-corrected chi connectivity index (χ1v) is 13.1. The third kappa shape index (κ3) is 5.87. The van der Waals surface area contributed by atoms with Gasteiger partial charge in [-0.1, -0.05) is 11.6 Å². The molecule has 0 amide bonds. The molecule has 4 heterocycles. The second-order valence-electron chi connectivity index (χ2n) is 9.22. The number of hydrogen-bond acceptors (Lipinski definition) is 6. The van der Waals surface area contributed by atoms with E-state index in [1.807, 2.05) is 36.4 Å². The molecule has 1 atom stereocenters. The third-order valence-electron chi connectivity index (χ3n) is 6.67. The first-order valence-electron chi connectivity index (χ1n) is 12.4. The second-order valence-corrected chi connectivity index (χ2v) is 10.1. The SMILES string of the molecule is CC1CCCCN1c1cc(N2CCCC2)nc(NC(=S)NCc2ccc(-c3ccc(Cl)cc3)o2)n1. The number of aromatic nitrogens is 2. The predicted octanol–water partition coefficient (Wildman–Crippen LogP) is 5.86. The summed E-state index contributed by atoms with van der Waals surface area (Å²) in [5.41, 5.74) is 0.980. The zero-order valence-corrected chi connectivity index (χ0v) is 21.5. The molecule has 5 rings (SSSR count). The highest BCUT2D eigenvalue weighted by Crippen LogP contribution is 2.29. The highest BCUT2D eigenvalue weighted by molar-refractivity contribution is 7.80. The van der Waals surface area contributed by atoms with Crippen LogP contribution < -0.4 is 20.4 Å². The summed E-state index contributed by atoms with van der Waals surface area (Å²) in [7, 11) is 0. The molecule has 2 aromatic heterocycles. The van der Waals surface area contributed by atoms with Gasteiger partial charge in [0.1, 0.15) is 23.2 Å². The Morgan fingerprint density at radius 1 is 1.03 bits per heavy atom. The molecule has 3 aromatic rings. The maximum Gasteiger partial charge on any atom is 0.232 e. The third-order valence-corrected chi connectivity index (χ3v) is 7.16. The van der Waals surface area contributed by atoms with Crippen LogP contribution in [0.4, 0.5) is 17.6 Å². The Bertz CT molecular complexity index is 1160. The maximum atomic E-state index is 5.99. The maximum absolute atomic E-state index is 5.99. The standard InChI is InChI=1S/C26H31ClN6OS/c1-18-6-2-3-15-33(18)24-16-23(32-13-4-5-14-32)29-25(30-24)31-26(35)28-17-21-11-12-22(34-21)19-7-9-20(27)10-8-19/h7-12,16,18H,2-6,13-15,17H2,1H3,(H2,28,29,30,31,35). The smallest absolute Gasteiger partial charge is 0.232 e. The van der Waals surface area contributed by atoms with Crippen molar-refractivity contribution in [1.82, 2.24) is 15.3 Å². The summed E-state index contributed by atoms with van der Waals surface area (Å²) in [6, 6.07) is 14.1. The van der Waals surface area contributed by atoms with Crippen LogP contribution >= 0.6 is 23.8 Å². The molecule has 2 N–H and O–H groups in total. The highest BCUT2D eigenvalue weighted by atomic mass is 35.5. The molecule has 0 bridgehead atoms. The van der Waals surface area contributed by atoms with Gasteiger partial charge in [-0.15, -0.1) is 0 Å². The quantitative estimate of drug-likeness (QED) is 0.400. The van der Waals surface area contributed by atoms with Crippen LogP contribution in [0.3, 0.4) is 0 Å². The fourth-order valence-corrected chi connectivity index (χ4v) is 5.02. The van der Waals surface area contributed by atoms with Crippen molar-refractivity contribution in [2.24, 2.45) is 0 Å². The normalized spacial score (nSPS) is 18.1. The molecule has 2 aliphatic heterocycles. The van der Waals surface area contributed by atoms with Gasteiger partial charge in [-0.25, -0.2) is 0 Å². The minimum Gasteiger partial charge on any atom is -0.459 e. The average Bonchev–Trinajstić information content (AvgIpc) is 3.56. The van der Waals surface area contributed by atoms with E-state index >= 15 is 0 Å². The summed E-state index contributed by atoms with van der Waals surface area (Å²) < 4.78 is 5.97. The first kappa shape index (κ1) is 23.9. The number of nitrogens with zero attached hydrogens (tertiary/aromatic N) is 4. The van der Waals surface area contributed by atoms with Gasteiger partial charge in [0.05, 0.1) is 6.54 Å². The van der Waals surface area contributed by atoms with Crippen molar-refractivity contribution >= 4 is 46.5 Å².